The van der Waals surface area contributed by atoms with Crippen LogP contribution in [-0.2, 0) is 4.79 Å². The lowest BCUT2D eigenvalue weighted by Crippen LogP contribution is -2.30. The summed E-state index contributed by atoms with van der Waals surface area (Å²) < 4.78 is 0. The van der Waals surface area contributed by atoms with Gasteiger partial charge in [0.05, 0.1) is 6.04 Å². The predicted molar refractivity (Wildman–Crippen MR) is 116 cm³/mol. The Balaban J connectivity index is 1.72. The zero-order valence-corrected chi connectivity index (χ0v) is 16.6. The summed E-state index contributed by atoms with van der Waals surface area (Å²) in [7, 11) is 0. The molecule has 0 saturated heterocycles. The van der Waals surface area contributed by atoms with Crippen molar-refractivity contribution >= 4 is 28.9 Å². The van der Waals surface area contributed by atoms with E-state index in [9.17, 15) is 4.79 Å². The van der Waals surface area contributed by atoms with Crippen LogP contribution >= 0.6 is 11.6 Å². The number of nitrogens with one attached hydrogen (secondary N) is 1. The number of carbonyl (C=O) groups is 1. The number of benzene rings is 3. The summed E-state index contributed by atoms with van der Waals surface area (Å²) >= 11 is 6.06. The molecule has 0 aromatic heterocycles. The standard InChI is InChI=1S/C24H21ClN2O/c1-16-3-11-20(12-4-16)26-22-15-23(18-7-9-19(25)10-8-18)27(24(22)28)21-13-5-17(2)6-14-21/h3-15,23,26H,1-2H3. The van der Waals surface area contributed by atoms with E-state index in [0.29, 0.717) is 10.7 Å². The van der Waals surface area contributed by atoms with E-state index in [1.165, 1.54) is 5.56 Å². The maximum Gasteiger partial charge on any atom is 0.275 e. The van der Waals surface area contributed by atoms with E-state index < -0.39 is 0 Å². The first-order valence-electron chi connectivity index (χ1n) is 9.22. The Morgan fingerprint density at radius 1 is 0.821 bits per heavy atom. The Morgan fingerprint density at radius 3 is 2.00 bits per heavy atom. The third-order valence-corrected chi connectivity index (χ3v) is 5.16. The minimum absolute atomic E-state index is 0.0515. The molecule has 0 bridgehead atoms. The van der Waals surface area contributed by atoms with Gasteiger partial charge in [-0.3, -0.25) is 9.69 Å². The molecule has 3 aromatic carbocycles. The van der Waals surface area contributed by atoms with Gasteiger partial charge in [-0.05, 0) is 61.9 Å². The van der Waals surface area contributed by atoms with Crippen LogP contribution in [0.25, 0.3) is 0 Å². The van der Waals surface area contributed by atoms with Crippen LogP contribution in [-0.4, -0.2) is 5.91 Å². The maximum atomic E-state index is 13.3. The number of hydrogen-bond donors (Lipinski definition) is 1. The fourth-order valence-corrected chi connectivity index (χ4v) is 3.46. The fourth-order valence-electron chi connectivity index (χ4n) is 3.34. The molecule has 0 spiro atoms. The summed E-state index contributed by atoms with van der Waals surface area (Å²) in [5.41, 5.74) is 5.68. The molecule has 1 aliphatic heterocycles. The Morgan fingerprint density at radius 2 is 1.39 bits per heavy atom. The normalized spacial score (nSPS) is 16.2. The minimum atomic E-state index is -0.194. The van der Waals surface area contributed by atoms with Crippen molar-refractivity contribution in [2.24, 2.45) is 0 Å². The molecular weight excluding hydrogens is 368 g/mol. The van der Waals surface area contributed by atoms with Gasteiger partial charge in [-0.2, -0.15) is 0 Å². The highest BCUT2D eigenvalue weighted by Gasteiger charge is 2.34. The first-order chi connectivity index (χ1) is 13.5. The van der Waals surface area contributed by atoms with Gasteiger partial charge >= 0.3 is 0 Å². The number of amides is 1. The molecule has 0 aliphatic carbocycles. The highest BCUT2D eigenvalue weighted by molar-refractivity contribution is 6.30. The smallest absolute Gasteiger partial charge is 0.275 e. The second-order valence-corrected chi connectivity index (χ2v) is 7.51. The van der Waals surface area contributed by atoms with Crippen molar-refractivity contribution in [1.29, 1.82) is 0 Å². The van der Waals surface area contributed by atoms with Gasteiger partial charge in [0.15, 0.2) is 0 Å². The van der Waals surface area contributed by atoms with E-state index in [0.717, 1.165) is 22.5 Å². The van der Waals surface area contributed by atoms with Crippen molar-refractivity contribution in [3.63, 3.8) is 0 Å². The van der Waals surface area contributed by atoms with Crippen LogP contribution in [0, 0.1) is 13.8 Å². The van der Waals surface area contributed by atoms with Crippen LogP contribution in [0.15, 0.2) is 84.6 Å². The van der Waals surface area contributed by atoms with E-state index in [4.69, 9.17) is 11.6 Å². The topological polar surface area (TPSA) is 32.3 Å². The number of rotatable bonds is 4. The molecule has 140 valence electrons. The third-order valence-electron chi connectivity index (χ3n) is 4.91. The second kappa shape index (κ2) is 7.53. The summed E-state index contributed by atoms with van der Waals surface area (Å²) in [6, 6.07) is 23.5. The number of halogens is 1. The first-order valence-corrected chi connectivity index (χ1v) is 9.60. The molecule has 4 heteroatoms. The van der Waals surface area contributed by atoms with Gasteiger partial charge in [0.25, 0.3) is 5.91 Å². The van der Waals surface area contributed by atoms with Crippen molar-refractivity contribution in [3.8, 4) is 0 Å². The van der Waals surface area contributed by atoms with Gasteiger partial charge in [-0.15, -0.1) is 0 Å². The van der Waals surface area contributed by atoms with Crippen LogP contribution < -0.4 is 10.2 Å². The van der Waals surface area contributed by atoms with Crippen molar-refractivity contribution in [2.75, 3.05) is 10.2 Å². The number of nitrogens with zero attached hydrogens (tertiary/aromatic N) is 1. The van der Waals surface area contributed by atoms with Gasteiger partial charge in [-0.25, -0.2) is 0 Å². The van der Waals surface area contributed by atoms with Crippen LogP contribution in [0.4, 0.5) is 11.4 Å². The van der Waals surface area contributed by atoms with Crippen molar-refractivity contribution in [3.05, 3.63) is 106 Å². The van der Waals surface area contributed by atoms with Crippen LogP contribution in [0.3, 0.4) is 0 Å². The van der Waals surface area contributed by atoms with Crippen molar-refractivity contribution in [1.82, 2.24) is 0 Å². The van der Waals surface area contributed by atoms with E-state index in [1.807, 2.05) is 97.6 Å². The lowest BCUT2D eigenvalue weighted by Gasteiger charge is -2.25. The molecule has 1 aliphatic rings. The zero-order valence-electron chi connectivity index (χ0n) is 15.8. The highest BCUT2D eigenvalue weighted by Crippen LogP contribution is 2.36. The van der Waals surface area contributed by atoms with E-state index in [2.05, 4.69) is 5.32 Å². The molecule has 1 atom stereocenters. The molecule has 1 heterocycles. The summed E-state index contributed by atoms with van der Waals surface area (Å²) in [6.45, 7) is 4.08. The molecule has 0 radical (unpaired) electrons. The van der Waals surface area contributed by atoms with Gasteiger partial charge in [0, 0.05) is 16.4 Å². The average molecular weight is 389 g/mol. The molecule has 3 aromatic rings. The van der Waals surface area contributed by atoms with E-state index in [1.54, 1.807) is 0 Å². The Kier molecular flexibility index (Phi) is 4.93. The summed E-state index contributed by atoms with van der Waals surface area (Å²) in [5, 5.41) is 3.96. The quantitative estimate of drug-likeness (QED) is 0.590. The molecule has 1 amide bonds. The van der Waals surface area contributed by atoms with Crippen molar-refractivity contribution in [2.45, 2.75) is 19.9 Å². The molecule has 3 nitrogen and oxygen atoms in total. The van der Waals surface area contributed by atoms with E-state index in [-0.39, 0.29) is 11.9 Å². The molecule has 1 unspecified atom stereocenters. The van der Waals surface area contributed by atoms with Crippen LogP contribution in [0.5, 0.6) is 0 Å². The first kappa shape index (κ1) is 18.3. The largest absolute Gasteiger partial charge is 0.351 e. The molecule has 0 fully saturated rings. The summed E-state index contributed by atoms with van der Waals surface area (Å²) in [6.07, 6.45) is 1.98. The van der Waals surface area contributed by atoms with Crippen LogP contribution in [0.1, 0.15) is 22.7 Å². The summed E-state index contributed by atoms with van der Waals surface area (Å²) in [5.74, 6) is -0.0515. The van der Waals surface area contributed by atoms with E-state index >= 15 is 0 Å². The van der Waals surface area contributed by atoms with Crippen LogP contribution in [0.2, 0.25) is 5.02 Å². The summed E-state index contributed by atoms with van der Waals surface area (Å²) in [4.78, 5) is 15.1. The lowest BCUT2D eigenvalue weighted by atomic mass is 10.1. The fraction of sp³-hybridized carbons (Fsp3) is 0.125. The number of aryl methyl sites for hydroxylation is 2. The molecule has 4 rings (SSSR count). The monoisotopic (exact) mass is 388 g/mol. The molecule has 28 heavy (non-hydrogen) atoms. The Labute approximate surface area is 170 Å². The third kappa shape index (κ3) is 3.67. The van der Waals surface area contributed by atoms with Crippen molar-refractivity contribution < 1.29 is 4.79 Å². The minimum Gasteiger partial charge on any atom is -0.351 e. The molecule has 1 N–H and O–H groups in total. The highest BCUT2D eigenvalue weighted by atomic mass is 35.5. The van der Waals surface area contributed by atoms with Gasteiger partial charge in [0.2, 0.25) is 0 Å². The van der Waals surface area contributed by atoms with Gasteiger partial charge < -0.3 is 5.32 Å². The lowest BCUT2D eigenvalue weighted by molar-refractivity contribution is -0.114. The second-order valence-electron chi connectivity index (χ2n) is 7.08. The number of carbonyl (C=O) groups excluding carboxylic acids is 1. The number of hydrogen-bond acceptors (Lipinski definition) is 2. The average Bonchev–Trinajstić information content (AvgIpc) is 3.01. The Hall–Kier alpha value is -3.04. The molecule has 0 saturated carbocycles. The Bertz CT molecular complexity index is 1020. The SMILES string of the molecule is Cc1ccc(NC2=CC(c3ccc(Cl)cc3)N(c3ccc(C)cc3)C2=O)cc1. The number of anilines is 2. The molecular formula is C24H21ClN2O. The van der Waals surface area contributed by atoms with Gasteiger partial charge in [-0.1, -0.05) is 59.1 Å². The zero-order chi connectivity index (χ0) is 19.7. The van der Waals surface area contributed by atoms with Gasteiger partial charge in [0.1, 0.15) is 5.70 Å². The predicted octanol–water partition coefficient (Wildman–Crippen LogP) is 6.04. The maximum absolute atomic E-state index is 13.3.